The van der Waals surface area contributed by atoms with E-state index in [2.05, 4.69) is 0 Å². The molecule has 0 spiro atoms. The molecule has 60 valence electrons. The van der Waals surface area contributed by atoms with Crippen LogP contribution in [0.4, 0.5) is 0 Å². The summed E-state index contributed by atoms with van der Waals surface area (Å²) in [6, 6.07) is 5.22. The second kappa shape index (κ2) is 6.48. The van der Waals surface area contributed by atoms with E-state index in [1.165, 1.54) is 11.3 Å². The molecule has 5 heteroatoms. The van der Waals surface area contributed by atoms with E-state index in [0.717, 1.165) is 6.08 Å². The average Bonchev–Trinajstić information content (AvgIpc) is 2.51. The molecule has 1 aromatic heterocycles. The minimum atomic E-state index is -1.35. The van der Waals surface area contributed by atoms with Crippen LogP contribution in [-0.4, -0.2) is 5.97 Å². The third-order valence-electron chi connectivity index (χ3n) is 1.17. The van der Waals surface area contributed by atoms with Crippen LogP contribution in [0.1, 0.15) is 4.88 Å². The van der Waals surface area contributed by atoms with Crippen molar-refractivity contribution in [2.45, 2.75) is 0 Å². The van der Waals surface area contributed by atoms with Gasteiger partial charge in [0.15, 0.2) is 0 Å². The number of carboxylic acids is 1. The van der Waals surface area contributed by atoms with Crippen molar-refractivity contribution in [2.75, 3.05) is 0 Å². The minimum Gasteiger partial charge on any atom is -0.545 e. The summed E-state index contributed by atoms with van der Waals surface area (Å²) in [5.74, 6) is -1.35. The SMILES string of the molecule is N#CC(=CC(=O)[O-])c1cccs1.[K+]. The molecule has 0 fully saturated rings. The first kappa shape index (κ1) is 13.0. The molecule has 0 saturated heterocycles. The van der Waals surface area contributed by atoms with E-state index in [1.807, 2.05) is 0 Å². The Bertz CT molecular complexity index is 351. The van der Waals surface area contributed by atoms with Crippen LogP contribution in [0.15, 0.2) is 23.6 Å². The van der Waals surface area contributed by atoms with Gasteiger partial charge in [0.1, 0.15) is 6.07 Å². The van der Waals surface area contributed by atoms with E-state index >= 15 is 0 Å². The number of nitriles is 1. The molecule has 0 aliphatic heterocycles. The van der Waals surface area contributed by atoms with Gasteiger partial charge in [0.2, 0.25) is 0 Å². The fourth-order valence-electron chi connectivity index (χ4n) is 0.708. The van der Waals surface area contributed by atoms with Crippen molar-refractivity contribution in [3.05, 3.63) is 28.5 Å². The Kier molecular flexibility index (Phi) is 6.50. The Morgan fingerprint density at radius 1 is 1.69 bits per heavy atom. The van der Waals surface area contributed by atoms with Crippen LogP contribution in [0.25, 0.3) is 5.57 Å². The van der Waals surface area contributed by atoms with E-state index in [0.29, 0.717) is 4.88 Å². The molecule has 3 nitrogen and oxygen atoms in total. The molecule has 0 aliphatic carbocycles. The number of aliphatic carboxylic acids is 1. The van der Waals surface area contributed by atoms with E-state index in [1.54, 1.807) is 23.6 Å². The summed E-state index contributed by atoms with van der Waals surface area (Å²) in [7, 11) is 0. The van der Waals surface area contributed by atoms with Crippen LogP contribution in [0, 0.1) is 11.3 Å². The number of carboxylic acid groups (broad SMARTS) is 1. The molecule has 1 rings (SSSR count). The molecule has 0 radical (unpaired) electrons. The van der Waals surface area contributed by atoms with E-state index in [4.69, 9.17) is 5.26 Å². The number of hydrogen-bond donors (Lipinski definition) is 0. The molecule has 13 heavy (non-hydrogen) atoms. The predicted octanol–water partition coefficient (Wildman–Crippen LogP) is -2.59. The van der Waals surface area contributed by atoms with Gasteiger partial charge in [0, 0.05) is 4.88 Å². The largest absolute Gasteiger partial charge is 1.00 e. The Morgan fingerprint density at radius 2 is 2.38 bits per heavy atom. The number of hydrogen-bond acceptors (Lipinski definition) is 4. The molecule has 0 bridgehead atoms. The van der Waals surface area contributed by atoms with Crippen LogP contribution in [0.2, 0.25) is 0 Å². The van der Waals surface area contributed by atoms with Crippen molar-refractivity contribution in [1.82, 2.24) is 0 Å². The molecular weight excluding hydrogens is 213 g/mol. The maximum absolute atomic E-state index is 10.1. The Hall–Kier alpha value is 0.0364. The van der Waals surface area contributed by atoms with Crippen LogP contribution < -0.4 is 56.5 Å². The van der Waals surface area contributed by atoms with E-state index in [-0.39, 0.29) is 57.0 Å². The van der Waals surface area contributed by atoms with Gasteiger partial charge >= 0.3 is 51.4 Å². The average molecular weight is 217 g/mol. The minimum absolute atomic E-state index is 0. The summed E-state index contributed by atoms with van der Waals surface area (Å²) >= 11 is 1.32. The molecule has 0 saturated carbocycles. The molecule has 0 aromatic carbocycles. The Balaban J connectivity index is 0.00000144. The van der Waals surface area contributed by atoms with Crippen molar-refractivity contribution in [1.29, 1.82) is 5.26 Å². The topological polar surface area (TPSA) is 63.9 Å². The van der Waals surface area contributed by atoms with Gasteiger partial charge in [-0.05, 0) is 17.5 Å². The molecule has 0 aliphatic rings. The number of carbonyl (C=O) groups is 1. The molecule has 0 amide bonds. The monoisotopic (exact) mass is 217 g/mol. The van der Waals surface area contributed by atoms with Crippen LogP contribution >= 0.6 is 11.3 Å². The smallest absolute Gasteiger partial charge is 0.545 e. The van der Waals surface area contributed by atoms with Gasteiger partial charge in [-0.1, -0.05) is 6.07 Å². The van der Waals surface area contributed by atoms with Gasteiger partial charge in [-0.15, -0.1) is 11.3 Å². The van der Waals surface area contributed by atoms with E-state index in [9.17, 15) is 9.90 Å². The number of carbonyl (C=O) groups excluding carboxylic acids is 1. The maximum atomic E-state index is 10.1. The zero-order valence-electron chi connectivity index (χ0n) is 6.98. The van der Waals surface area contributed by atoms with E-state index < -0.39 is 5.97 Å². The first-order valence-electron chi connectivity index (χ1n) is 3.10. The normalized spacial score (nSPS) is 9.92. The third-order valence-corrected chi connectivity index (χ3v) is 2.07. The quantitative estimate of drug-likeness (QED) is 0.310. The van der Waals surface area contributed by atoms with Crippen LogP contribution in [0.3, 0.4) is 0 Å². The summed E-state index contributed by atoms with van der Waals surface area (Å²) in [4.78, 5) is 10.8. The molecule has 1 heterocycles. The van der Waals surface area contributed by atoms with Crippen molar-refractivity contribution >= 4 is 22.9 Å². The number of rotatable bonds is 2. The summed E-state index contributed by atoms with van der Waals surface area (Å²) in [5, 5.41) is 20.4. The number of thiophene rings is 1. The molecule has 0 atom stereocenters. The third kappa shape index (κ3) is 4.18. The fraction of sp³-hybridized carbons (Fsp3) is 0. The predicted molar refractivity (Wildman–Crippen MR) is 42.9 cm³/mol. The fourth-order valence-corrected chi connectivity index (χ4v) is 1.40. The first-order valence-corrected chi connectivity index (χ1v) is 3.98. The van der Waals surface area contributed by atoms with Gasteiger partial charge in [0.25, 0.3) is 0 Å². The summed E-state index contributed by atoms with van der Waals surface area (Å²) in [5.41, 5.74) is 0.130. The summed E-state index contributed by atoms with van der Waals surface area (Å²) < 4.78 is 0. The molecule has 1 aromatic rings. The zero-order chi connectivity index (χ0) is 8.97. The molecule has 0 unspecified atom stereocenters. The number of nitrogens with zero attached hydrogens (tertiary/aromatic N) is 1. The van der Waals surface area contributed by atoms with Gasteiger partial charge in [-0.25, -0.2) is 0 Å². The maximum Gasteiger partial charge on any atom is 1.00 e. The van der Waals surface area contributed by atoms with Gasteiger partial charge in [-0.2, -0.15) is 5.26 Å². The van der Waals surface area contributed by atoms with Gasteiger partial charge in [-0.3, -0.25) is 0 Å². The van der Waals surface area contributed by atoms with Gasteiger partial charge in [0.05, 0.1) is 11.5 Å². The second-order valence-corrected chi connectivity index (χ2v) is 2.91. The molecule has 0 N–H and O–H groups in total. The Morgan fingerprint density at radius 3 is 2.77 bits per heavy atom. The summed E-state index contributed by atoms with van der Waals surface area (Å²) in [6.07, 6.45) is 0.797. The standard InChI is InChI=1S/C8H5NO2S.K/c9-5-6(4-8(10)11)7-2-1-3-12-7;/h1-4H,(H,10,11);/q;+1/p-1. The second-order valence-electron chi connectivity index (χ2n) is 1.97. The first-order chi connectivity index (χ1) is 5.74. The van der Waals surface area contributed by atoms with Crippen molar-refractivity contribution in [3.63, 3.8) is 0 Å². The van der Waals surface area contributed by atoms with Crippen molar-refractivity contribution < 1.29 is 61.3 Å². The van der Waals surface area contributed by atoms with Crippen molar-refractivity contribution in [2.24, 2.45) is 0 Å². The van der Waals surface area contributed by atoms with Crippen LogP contribution in [0.5, 0.6) is 0 Å². The zero-order valence-corrected chi connectivity index (χ0v) is 10.9. The van der Waals surface area contributed by atoms with Crippen molar-refractivity contribution in [3.8, 4) is 6.07 Å². The summed E-state index contributed by atoms with van der Waals surface area (Å²) in [6.45, 7) is 0. The number of allylic oxidation sites excluding steroid dienone is 1. The van der Waals surface area contributed by atoms with Crippen LogP contribution in [-0.2, 0) is 4.79 Å². The molecular formula is C8H4KNO2S. The Labute approximate surface area is 122 Å². The van der Waals surface area contributed by atoms with Gasteiger partial charge < -0.3 is 9.90 Å².